The maximum absolute atomic E-state index is 11.6. The van der Waals surface area contributed by atoms with Crippen LogP contribution in [0.25, 0.3) is 0 Å². The van der Waals surface area contributed by atoms with E-state index in [1.807, 2.05) is 0 Å². The molecule has 96 valence electrons. The van der Waals surface area contributed by atoms with Gasteiger partial charge in [-0.3, -0.25) is 4.79 Å². The van der Waals surface area contributed by atoms with E-state index in [0.717, 1.165) is 13.4 Å². The van der Waals surface area contributed by atoms with Crippen molar-refractivity contribution in [3.63, 3.8) is 0 Å². The number of hydrogen-bond acceptors (Lipinski definition) is 6. The number of ether oxygens (including phenoxy) is 1. The first-order chi connectivity index (χ1) is 7.08. The molecule has 0 saturated carbocycles. The van der Waals surface area contributed by atoms with E-state index in [0.29, 0.717) is 0 Å². The van der Waals surface area contributed by atoms with Gasteiger partial charge in [0.1, 0.15) is 9.84 Å². The van der Waals surface area contributed by atoms with E-state index in [1.165, 1.54) is 6.92 Å². The molecule has 1 unspecified atom stereocenters. The van der Waals surface area contributed by atoms with E-state index in [9.17, 15) is 21.6 Å². The van der Waals surface area contributed by atoms with Crippen molar-refractivity contribution < 1.29 is 26.4 Å². The molecule has 0 aliphatic rings. The smallest absolute Gasteiger partial charge is 0.306 e. The van der Waals surface area contributed by atoms with Crippen LogP contribution in [0.3, 0.4) is 0 Å². The molecule has 0 saturated heterocycles. The summed E-state index contributed by atoms with van der Waals surface area (Å²) in [6, 6.07) is 0. The van der Waals surface area contributed by atoms with Gasteiger partial charge in [0, 0.05) is 6.26 Å². The highest BCUT2D eigenvalue weighted by Gasteiger charge is 2.25. The quantitative estimate of drug-likeness (QED) is 0.599. The van der Waals surface area contributed by atoms with Crippen molar-refractivity contribution >= 4 is 25.6 Å². The number of esters is 1. The molecular formula is C8H16O6S2. The van der Waals surface area contributed by atoms with E-state index in [4.69, 9.17) is 0 Å². The lowest BCUT2D eigenvalue weighted by Gasteiger charge is -2.10. The van der Waals surface area contributed by atoms with E-state index in [2.05, 4.69) is 4.74 Å². The Morgan fingerprint density at radius 3 is 2.06 bits per heavy atom. The zero-order valence-corrected chi connectivity index (χ0v) is 11.1. The van der Waals surface area contributed by atoms with Crippen LogP contribution in [0.4, 0.5) is 0 Å². The lowest BCUT2D eigenvalue weighted by molar-refractivity contribution is -0.140. The molecule has 0 spiro atoms. The second-order valence-corrected chi connectivity index (χ2v) is 8.39. The zero-order chi connectivity index (χ0) is 13.0. The number of methoxy groups -OCH3 is 1. The van der Waals surface area contributed by atoms with E-state index in [-0.39, 0.29) is 6.42 Å². The standard InChI is InChI=1S/C8H16O6S2/c1-7(6-8(9)14-2)16(12,13)5-4-15(3,10)11/h7H,4-6H2,1-3H3. The van der Waals surface area contributed by atoms with Crippen molar-refractivity contribution in [1.29, 1.82) is 0 Å². The third-order valence-electron chi connectivity index (χ3n) is 2.03. The SMILES string of the molecule is COC(=O)CC(C)S(=O)(=O)CCS(C)(=O)=O. The highest BCUT2D eigenvalue weighted by Crippen LogP contribution is 2.08. The van der Waals surface area contributed by atoms with Crippen LogP contribution < -0.4 is 0 Å². The molecule has 0 aromatic rings. The Hall–Kier alpha value is -0.630. The highest BCUT2D eigenvalue weighted by atomic mass is 32.2. The fraction of sp³-hybridized carbons (Fsp3) is 0.875. The maximum atomic E-state index is 11.6. The van der Waals surface area contributed by atoms with Crippen molar-refractivity contribution in [3.05, 3.63) is 0 Å². The number of sulfone groups is 2. The molecule has 0 heterocycles. The molecule has 0 amide bonds. The van der Waals surface area contributed by atoms with E-state index < -0.39 is 42.4 Å². The molecule has 16 heavy (non-hydrogen) atoms. The van der Waals surface area contributed by atoms with Crippen LogP contribution in [0.2, 0.25) is 0 Å². The van der Waals surface area contributed by atoms with Gasteiger partial charge in [-0.05, 0) is 6.92 Å². The molecule has 0 rings (SSSR count). The molecular weight excluding hydrogens is 256 g/mol. The predicted octanol–water partition coefficient (Wildman–Crippen LogP) is -0.603. The second-order valence-electron chi connectivity index (χ2n) is 3.59. The van der Waals surface area contributed by atoms with E-state index >= 15 is 0 Å². The minimum Gasteiger partial charge on any atom is -0.469 e. The summed E-state index contributed by atoms with van der Waals surface area (Å²) in [4.78, 5) is 10.9. The summed E-state index contributed by atoms with van der Waals surface area (Å²) >= 11 is 0. The van der Waals surface area contributed by atoms with Gasteiger partial charge >= 0.3 is 5.97 Å². The van der Waals surface area contributed by atoms with Crippen LogP contribution >= 0.6 is 0 Å². The van der Waals surface area contributed by atoms with Gasteiger partial charge in [0.25, 0.3) is 0 Å². The van der Waals surface area contributed by atoms with Crippen LogP contribution in [0.5, 0.6) is 0 Å². The first-order valence-corrected chi connectivity index (χ1v) is 8.32. The molecule has 0 aliphatic carbocycles. The average Bonchev–Trinajstić information content (AvgIpc) is 2.13. The largest absolute Gasteiger partial charge is 0.469 e. The van der Waals surface area contributed by atoms with Crippen molar-refractivity contribution in [1.82, 2.24) is 0 Å². The van der Waals surface area contributed by atoms with Crippen LogP contribution in [-0.4, -0.2) is 52.9 Å². The summed E-state index contributed by atoms with van der Waals surface area (Å²) in [5.74, 6) is -1.53. The second kappa shape index (κ2) is 5.62. The van der Waals surface area contributed by atoms with Crippen molar-refractivity contribution in [2.75, 3.05) is 24.9 Å². The van der Waals surface area contributed by atoms with Gasteiger partial charge in [0.2, 0.25) is 0 Å². The monoisotopic (exact) mass is 272 g/mol. The Kier molecular flexibility index (Phi) is 5.40. The van der Waals surface area contributed by atoms with Crippen molar-refractivity contribution in [2.45, 2.75) is 18.6 Å². The Balaban J connectivity index is 4.50. The Morgan fingerprint density at radius 1 is 1.19 bits per heavy atom. The first kappa shape index (κ1) is 15.4. The van der Waals surface area contributed by atoms with Crippen LogP contribution in [-0.2, 0) is 29.2 Å². The van der Waals surface area contributed by atoms with Gasteiger partial charge in [-0.2, -0.15) is 0 Å². The van der Waals surface area contributed by atoms with Crippen molar-refractivity contribution in [3.8, 4) is 0 Å². The lowest BCUT2D eigenvalue weighted by Crippen LogP contribution is -2.27. The molecule has 0 aliphatic heterocycles. The van der Waals surface area contributed by atoms with Gasteiger partial charge in [-0.1, -0.05) is 0 Å². The number of rotatable bonds is 6. The zero-order valence-electron chi connectivity index (χ0n) is 9.46. The summed E-state index contributed by atoms with van der Waals surface area (Å²) in [7, 11) is -5.73. The number of carbonyl (C=O) groups excluding carboxylic acids is 1. The van der Waals surface area contributed by atoms with Gasteiger partial charge in [-0.15, -0.1) is 0 Å². The topological polar surface area (TPSA) is 94.6 Å². The van der Waals surface area contributed by atoms with Gasteiger partial charge in [0.15, 0.2) is 9.84 Å². The molecule has 0 bridgehead atoms. The fourth-order valence-electron chi connectivity index (χ4n) is 0.914. The molecule has 0 aromatic heterocycles. The van der Waals surface area contributed by atoms with Gasteiger partial charge in [-0.25, -0.2) is 16.8 Å². The highest BCUT2D eigenvalue weighted by molar-refractivity contribution is 7.95. The number of carbonyl (C=O) groups is 1. The average molecular weight is 272 g/mol. The van der Waals surface area contributed by atoms with Crippen LogP contribution in [0.1, 0.15) is 13.3 Å². The minimum atomic E-state index is -3.58. The van der Waals surface area contributed by atoms with Crippen molar-refractivity contribution in [2.24, 2.45) is 0 Å². The number of hydrogen-bond donors (Lipinski definition) is 0. The van der Waals surface area contributed by atoms with Crippen LogP contribution in [0, 0.1) is 0 Å². The normalized spacial score (nSPS) is 14.4. The Labute approximate surface area is 95.8 Å². The molecule has 0 radical (unpaired) electrons. The van der Waals surface area contributed by atoms with Crippen LogP contribution in [0.15, 0.2) is 0 Å². The fourth-order valence-corrected chi connectivity index (χ4v) is 3.85. The van der Waals surface area contributed by atoms with E-state index in [1.54, 1.807) is 0 Å². The summed E-state index contributed by atoms with van der Waals surface area (Å²) in [6.07, 6.45) is 0.704. The van der Waals surface area contributed by atoms with Gasteiger partial charge in [0.05, 0.1) is 30.3 Å². The molecule has 0 fully saturated rings. The minimum absolute atomic E-state index is 0.261. The lowest BCUT2D eigenvalue weighted by atomic mass is 10.3. The summed E-state index contributed by atoms with van der Waals surface area (Å²) in [6.45, 7) is 1.36. The molecule has 1 atom stereocenters. The maximum Gasteiger partial charge on any atom is 0.306 e. The molecule has 0 aromatic carbocycles. The summed E-state index contributed by atoms with van der Waals surface area (Å²) in [5, 5.41) is -0.929. The Bertz CT molecular complexity index is 433. The molecule has 0 N–H and O–H groups in total. The summed E-state index contributed by atoms with van der Waals surface area (Å²) < 4.78 is 49.1. The van der Waals surface area contributed by atoms with Gasteiger partial charge < -0.3 is 4.74 Å². The summed E-state index contributed by atoms with van der Waals surface area (Å²) in [5.41, 5.74) is 0. The third-order valence-corrected chi connectivity index (χ3v) is 5.40. The third kappa shape index (κ3) is 6.06. The molecule has 8 heteroatoms. The first-order valence-electron chi connectivity index (χ1n) is 4.54. The predicted molar refractivity (Wildman–Crippen MR) is 59.6 cm³/mol. The molecule has 6 nitrogen and oxygen atoms in total. The Morgan fingerprint density at radius 2 is 1.69 bits per heavy atom.